The van der Waals surface area contributed by atoms with Crippen LogP contribution in [0.1, 0.15) is 11.3 Å². The second kappa shape index (κ2) is 8.88. The summed E-state index contributed by atoms with van der Waals surface area (Å²) in [7, 11) is 0. The molecule has 1 atom stereocenters. The van der Waals surface area contributed by atoms with E-state index in [2.05, 4.69) is 27.5 Å². The van der Waals surface area contributed by atoms with Crippen LogP contribution in [0.5, 0.6) is 11.5 Å². The van der Waals surface area contributed by atoms with E-state index in [1.54, 1.807) is 23.2 Å². The fraction of sp³-hybridized carbons (Fsp3) is 0.154. The van der Waals surface area contributed by atoms with Gasteiger partial charge in [0.15, 0.2) is 0 Å². The molecule has 0 aliphatic carbocycles. The molecule has 0 bridgehead atoms. The van der Waals surface area contributed by atoms with Crippen LogP contribution in [0.4, 0.5) is 21.9 Å². The highest BCUT2D eigenvalue weighted by molar-refractivity contribution is 7.20. The summed E-state index contributed by atoms with van der Waals surface area (Å²) in [5, 5.41) is 11.2. The molecule has 1 fully saturated rings. The van der Waals surface area contributed by atoms with Crippen molar-refractivity contribution in [1.82, 2.24) is 15.6 Å². The van der Waals surface area contributed by atoms with Crippen LogP contribution in [0.25, 0.3) is 15.9 Å². The first-order chi connectivity index (χ1) is 17.1. The zero-order valence-electron chi connectivity index (χ0n) is 18.7. The van der Waals surface area contributed by atoms with Gasteiger partial charge in [0.2, 0.25) is 0 Å². The highest BCUT2D eigenvalue weighted by atomic mass is 35.5. The molecule has 0 radical (unpaired) electrons. The fourth-order valence-electron chi connectivity index (χ4n) is 4.47. The van der Waals surface area contributed by atoms with E-state index >= 15 is 0 Å². The lowest BCUT2D eigenvalue weighted by molar-refractivity contribution is 0.259. The quantitative estimate of drug-likeness (QED) is 0.286. The van der Waals surface area contributed by atoms with Crippen LogP contribution in [-0.2, 0) is 0 Å². The van der Waals surface area contributed by atoms with E-state index in [9.17, 15) is 4.79 Å². The van der Waals surface area contributed by atoms with Gasteiger partial charge >= 0.3 is 6.03 Å². The Hall–Kier alpha value is -3.59. The molecule has 0 spiro atoms. The monoisotopic (exact) mass is 503 g/mol. The Labute approximate surface area is 211 Å². The Morgan fingerprint density at radius 3 is 2.86 bits per heavy atom. The molecule has 2 aromatic carbocycles. The third-order valence-electron chi connectivity index (χ3n) is 6.10. The van der Waals surface area contributed by atoms with Crippen molar-refractivity contribution in [3.05, 3.63) is 77.3 Å². The lowest BCUT2D eigenvalue weighted by atomic mass is 10.1. The van der Waals surface area contributed by atoms with Crippen LogP contribution in [0.15, 0.2) is 67.4 Å². The molecule has 0 unspecified atom stereocenters. The SMILES string of the molecule is C=C(N[C@@H]1CCNC1)c1sc2nccc3c2c1NC(=O)N3c1ccc(Oc2ccccc2)c(Cl)c1. The van der Waals surface area contributed by atoms with Crippen molar-refractivity contribution in [2.24, 2.45) is 0 Å². The zero-order chi connectivity index (χ0) is 23.9. The first-order valence-corrected chi connectivity index (χ1v) is 12.5. The summed E-state index contributed by atoms with van der Waals surface area (Å²) >= 11 is 8.08. The van der Waals surface area contributed by atoms with E-state index in [0.717, 1.165) is 51.7 Å². The molecule has 6 rings (SSSR count). The van der Waals surface area contributed by atoms with E-state index in [4.69, 9.17) is 16.3 Å². The molecule has 4 heterocycles. The normalized spacial score (nSPS) is 16.9. The van der Waals surface area contributed by atoms with E-state index < -0.39 is 0 Å². The van der Waals surface area contributed by atoms with E-state index in [1.165, 1.54) is 11.3 Å². The number of rotatable bonds is 6. The molecule has 35 heavy (non-hydrogen) atoms. The largest absolute Gasteiger partial charge is 0.456 e. The predicted octanol–water partition coefficient (Wildman–Crippen LogP) is 6.35. The fourth-order valence-corrected chi connectivity index (χ4v) is 5.74. The Morgan fingerprint density at radius 1 is 1.23 bits per heavy atom. The molecule has 9 heteroatoms. The molecule has 7 nitrogen and oxygen atoms in total. The average Bonchev–Trinajstić information content (AvgIpc) is 3.50. The molecule has 2 aromatic heterocycles. The number of nitrogens with zero attached hydrogens (tertiary/aromatic N) is 2. The van der Waals surface area contributed by atoms with Crippen molar-refractivity contribution in [2.75, 3.05) is 23.3 Å². The topological polar surface area (TPSA) is 78.5 Å². The Kier molecular flexibility index (Phi) is 5.56. The maximum Gasteiger partial charge on any atom is 0.331 e. The molecular weight excluding hydrogens is 482 g/mol. The first-order valence-electron chi connectivity index (χ1n) is 11.3. The number of anilines is 3. The van der Waals surface area contributed by atoms with Gasteiger partial charge in [0, 0.05) is 24.5 Å². The molecule has 2 amide bonds. The minimum Gasteiger partial charge on any atom is -0.456 e. The van der Waals surface area contributed by atoms with Gasteiger partial charge in [-0.3, -0.25) is 4.90 Å². The number of hydrogen-bond acceptors (Lipinski definition) is 6. The summed E-state index contributed by atoms with van der Waals surface area (Å²) < 4.78 is 5.90. The summed E-state index contributed by atoms with van der Waals surface area (Å²) in [6.45, 7) is 6.13. The van der Waals surface area contributed by atoms with Gasteiger partial charge in [0.1, 0.15) is 16.3 Å². The summed E-state index contributed by atoms with van der Waals surface area (Å²) in [4.78, 5) is 21.3. The van der Waals surface area contributed by atoms with Crippen LogP contribution in [0.3, 0.4) is 0 Å². The number of hydrogen-bond donors (Lipinski definition) is 3. The molecule has 2 aliphatic heterocycles. The zero-order valence-corrected chi connectivity index (χ0v) is 20.2. The van der Waals surface area contributed by atoms with Crippen LogP contribution in [0.2, 0.25) is 5.02 Å². The number of aromatic nitrogens is 1. The number of amides is 2. The minimum atomic E-state index is -0.271. The average molecular weight is 504 g/mol. The molecule has 1 saturated heterocycles. The molecular formula is C26H22ClN5O2S. The third kappa shape index (κ3) is 3.99. The van der Waals surface area contributed by atoms with Crippen LogP contribution in [0, 0.1) is 0 Å². The maximum atomic E-state index is 13.4. The molecule has 2 aliphatic rings. The lowest BCUT2D eigenvalue weighted by Gasteiger charge is -2.29. The summed E-state index contributed by atoms with van der Waals surface area (Å²) in [6.07, 6.45) is 2.76. The number of ether oxygens (including phenoxy) is 1. The van der Waals surface area contributed by atoms with Crippen molar-refractivity contribution >= 4 is 61.9 Å². The summed E-state index contributed by atoms with van der Waals surface area (Å²) in [5.41, 5.74) is 2.92. The number of carbonyl (C=O) groups excluding carboxylic acids is 1. The summed E-state index contributed by atoms with van der Waals surface area (Å²) in [6, 6.07) is 16.7. The Bertz CT molecular complexity index is 1450. The highest BCUT2D eigenvalue weighted by Gasteiger charge is 2.32. The van der Waals surface area contributed by atoms with Gasteiger partial charge in [0.05, 0.1) is 32.3 Å². The minimum absolute atomic E-state index is 0.271. The maximum absolute atomic E-state index is 13.4. The Balaban J connectivity index is 1.35. The number of carbonyl (C=O) groups is 1. The number of nitrogens with one attached hydrogen (secondary N) is 3. The second-order valence-corrected chi connectivity index (χ2v) is 9.83. The van der Waals surface area contributed by atoms with Gasteiger partial charge in [-0.2, -0.15) is 0 Å². The van der Waals surface area contributed by atoms with Crippen LogP contribution >= 0.6 is 22.9 Å². The van der Waals surface area contributed by atoms with Gasteiger partial charge in [-0.1, -0.05) is 36.4 Å². The number of thiophene rings is 1. The highest BCUT2D eigenvalue weighted by Crippen LogP contribution is 2.48. The van der Waals surface area contributed by atoms with Crippen molar-refractivity contribution < 1.29 is 9.53 Å². The molecule has 0 saturated carbocycles. The van der Waals surface area contributed by atoms with E-state index in [-0.39, 0.29) is 6.03 Å². The van der Waals surface area contributed by atoms with Gasteiger partial charge in [-0.15, -0.1) is 11.3 Å². The first kappa shape index (κ1) is 21.9. The number of halogens is 1. The van der Waals surface area contributed by atoms with Gasteiger partial charge in [-0.25, -0.2) is 9.78 Å². The molecule has 4 aromatic rings. The van der Waals surface area contributed by atoms with Gasteiger partial charge < -0.3 is 20.7 Å². The number of urea groups is 1. The number of benzene rings is 2. The number of pyridine rings is 1. The molecule has 3 N–H and O–H groups in total. The number of para-hydroxylation sites is 1. The van der Waals surface area contributed by atoms with Crippen LogP contribution < -0.4 is 25.6 Å². The second-order valence-electron chi connectivity index (χ2n) is 8.42. The van der Waals surface area contributed by atoms with E-state index in [1.807, 2.05) is 42.5 Å². The van der Waals surface area contributed by atoms with Gasteiger partial charge in [-0.05, 0) is 49.4 Å². The van der Waals surface area contributed by atoms with Gasteiger partial charge in [0.25, 0.3) is 0 Å². The summed E-state index contributed by atoms with van der Waals surface area (Å²) in [5.74, 6) is 1.20. The van der Waals surface area contributed by atoms with Crippen molar-refractivity contribution in [3.8, 4) is 11.5 Å². The Morgan fingerprint density at radius 2 is 2.09 bits per heavy atom. The lowest BCUT2D eigenvalue weighted by Crippen LogP contribution is -2.34. The van der Waals surface area contributed by atoms with E-state index in [0.29, 0.717) is 28.3 Å². The predicted molar refractivity (Wildman–Crippen MR) is 142 cm³/mol. The standard InChI is InChI=1S/C26H22ClN5O2S/c1-15(30-16-9-11-28-14-16)24-23-22-20(10-12-29-25(22)35-24)32(26(33)31-23)17-7-8-21(19(27)13-17)34-18-5-3-2-4-6-18/h2-8,10,12-13,16,28,30H,1,9,11,14H2,(H,31,33)/t16-/m1/s1. The third-order valence-corrected chi connectivity index (χ3v) is 7.56. The van der Waals surface area contributed by atoms with Crippen molar-refractivity contribution in [3.63, 3.8) is 0 Å². The van der Waals surface area contributed by atoms with Crippen LogP contribution in [-0.4, -0.2) is 30.1 Å². The molecule has 176 valence electrons. The van der Waals surface area contributed by atoms with Crippen molar-refractivity contribution in [1.29, 1.82) is 0 Å². The smallest absolute Gasteiger partial charge is 0.331 e. The van der Waals surface area contributed by atoms with Crippen molar-refractivity contribution in [2.45, 2.75) is 12.5 Å².